The number of halogens is 2. The molecule has 4 aromatic rings. The van der Waals surface area contributed by atoms with Crippen molar-refractivity contribution in [2.45, 2.75) is 19.9 Å². The molecule has 1 fully saturated rings. The van der Waals surface area contributed by atoms with Gasteiger partial charge in [-0.1, -0.05) is 30.7 Å². The molecule has 35 heavy (non-hydrogen) atoms. The van der Waals surface area contributed by atoms with Crippen molar-refractivity contribution >= 4 is 28.9 Å². The molecule has 0 saturated carbocycles. The first-order chi connectivity index (χ1) is 16.9. The normalized spacial score (nSPS) is 14.1. The van der Waals surface area contributed by atoms with Gasteiger partial charge in [-0.3, -0.25) is 14.3 Å². The fraction of sp³-hybridized carbons (Fsp3) is 0.231. The molecule has 5 rings (SSSR count). The molecule has 1 aliphatic heterocycles. The largest absolute Gasteiger partial charge is 0.481 e. The number of aryl methyl sites for hydroxylation is 1. The minimum absolute atomic E-state index is 0.115. The second-order valence-electron chi connectivity index (χ2n) is 8.47. The molecule has 2 aromatic heterocycles. The van der Waals surface area contributed by atoms with Gasteiger partial charge in [0, 0.05) is 36.3 Å². The Balaban J connectivity index is 1.33. The molecule has 0 amide bonds. The van der Waals surface area contributed by atoms with Gasteiger partial charge in [-0.15, -0.1) is 11.3 Å². The molecule has 0 atom stereocenters. The van der Waals surface area contributed by atoms with Gasteiger partial charge >= 0.3 is 5.97 Å². The quantitative estimate of drug-likeness (QED) is 0.302. The highest BCUT2D eigenvalue weighted by molar-refractivity contribution is 7.14. The predicted octanol–water partition coefficient (Wildman–Crippen LogP) is 6.26. The van der Waals surface area contributed by atoms with Gasteiger partial charge in [0.2, 0.25) is 0 Å². The van der Waals surface area contributed by atoms with E-state index in [1.807, 2.05) is 16.8 Å². The number of likely N-dealkylation sites (tertiary alicyclic amines) is 1. The number of ether oxygens (including phenoxy) is 1. The minimum Gasteiger partial charge on any atom is -0.481 e. The summed E-state index contributed by atoms with van der Waals surface area (Å²) in [7, 11) is 0. The third-order valence-corrected chi connectivity index (χ3v) is 7.48. The Morgan fingerprint density at radius 3 is 2.74 bits per heavy atom. The number of hydrogen-bond acceptors (Lipinski definition) is 5. The number of carboxylic acids is 1. The van der Waals surface area contributed by atoms with Crippen LogP contribution in [0, 0.1) is 11.7 Å². The number of carboxylic acid groups (broad SMARTS) is 1. The molecule has 2 aromatic carbocycles. The highest BCUT2D eigenvalue weighted by atomic mass is 35.5. The van der Waals surface area contributed by atoms with Crippen LogP contribution in [-0.4, -0.2) is 38.6 Å². The van der Waals surface area contributed by atoms with E-state index in [1.165, 1.54) is 16.5 Å². The van der Waals surface area contributed by atoms with E-state index in [-0.39, 0.29) is 11.7 Å². The highest BCUT2D eigenvalue weighted by Crippen LogP contribution is 2.35. The number of imidazole rings is 1. The van der Waals surface area contributed by atoms with Crippen LogP contribution >= 0.6 is 22.9 Å². The molecule has 0 radical (unpaired) electrons. The third-order valence-electron chi connectivity index (χ3n) is 6.01. The number of aromatic nitrogens is 2. The Bertz CT molecular complexity index is 1380. The maximum Gasteiger partial charge on any atom is 0.309 e. The standard InChI is InChI=1S/C26H23ClFN3O3S/c1-2-16-9-19(13-30-11-18(12-30)26(32)33)35-25(16)31-14-22(29-15-31)17-7-8-23(20(27)10-17)34-24-6-4-3-5-21(24)28/h3-10,14-15,18H,2,11-13H2,1H3,(H,32,33). The van der Waals surface area contributed by atoms with Crippen molar-refractivity contribution in [3.8, 4) is 27.8 Å². The number of nitrogens with zero attached hydrogens (tertiary/aromatic N) is 3. The smallest absolute Gasteiger partial charge is 0.309 e. The monoisotopic (exact) mass is 511 g/mol. The average molecular weight is 512 g/mol. The minimum atomic E-state index is -0.722. The van der Waals surface area contributed by atoms with E-state index in [9.17, 15) is 9.18 Å². The van der Waals surface area contributed by atoms with E-state index in [0.29, 0.717) is 23.9 Å². The van der Waals surface area contributed by atoms with Gasteiger partial charge in [0.05, 0.1) is 16.6 Å². The van der Waals surface area contributed by atoms with Crippen LogP contribution in [-0.2, 0) is 17.8 Å². The fourth-order valence-electron chi connectivity index (χ4n) is 4.07. The van der Waals surface area contributed by atoms with Crippen molar-refractivity contribution in [1.82, 2.24) is 14.5 Å². The molecule has 1 N–H and O–H groups in total. The second kappa shape index (κ2) is 9.81. The fourth-order valence-corrected chi connectivity index (χ4v) is 5.53. The molecule has 0 bridgehead atoms. The van der Waals surface area contributed by atoms with E-state index in [0.717, 1.165) is 29.2 Å². The summed E-state index contributed by atoms with van der Waals surface area (Å²) in [6.45, 7) is 4.06. The summed E-state index contributed by atoms with van der Waals surface area (Å²) in [4.78, 5) is 19.0. The van der Waals surface area contributed by atoms with Crippen LogP contribution in [0.5, 0.6) is 11.5 Å². The van der Waals surface area contributed by atoms with Crippen LogP contribution in [0.25, 0.3) is 16.3 Å². The summed E-state index contributed by atoms with van der Waals surface area (Å²) in [6.07, 6.45) is 4.62. The van der Waals surface area contributed by atoms with Crippen molar-refractivity contribution < 1.29 is 19.0 Å². The zero-order valence-electron chi connectivity index (χ0n) is 18.9. The molecule has 0 aliphatic carbocycles. The molecule has 9 heteroatoms. The molecular weight excluding hydrogens is 489 g/mol. The molecule has 1 saturated heterocycles. The van der Waals surface area contributed by atoms with E-state index in [4.69, 9.17) is 21.4 Å². The van der Waals surface area contributed by atoms with Crippen molar-refractivity contribution in [3.63, 3.8) is 0 Å². The molecular formula is C26H23ClFN3O3S. The molecule has 1 aliphatic rings. The number of para-hydroxylation sites is 1. The summed E-state index contributed by atoms with van der Waals surface area (Å²) in [6, 6.07) is 13.7. The van der Waals surface area contributed by atoms with Crippen LogP contribution in [0.3, 0.4) is 0 Å². The summed E-state index contributed by atoms with van der Waals surface area (Å²) < 4.78 is 21.6. The van der Waals surface area contributed by atoms with Crippen molar-refractivity contribution in [1.29, 1.82) is 0 Å². The van der Waals surface area contributed by atoms with Gasteiger partial charge in [-0.2, -0.15) is 0 Å². The SMILES string of the molecule is CCc1cc(CN2CC(C(=O)O)C2)sc1-n1cnc(-c2ccc(Oc3ccccc3F)c(Cl)c2)c1. The summed E-state index contributed by atoms with van der Waals surface area (Å²) in [5, 5.41) is 10.6. The van der Waals surface area contributed by atoms with Crippen LogP contribution in [0.4, 0.5) is 4.39 Å². The van der Waals surface area contributed by atoms with E-state index in [2.05, 4.69) is 22.9 Å². The van der Waals surface area contributed by atoms with Gasteiger partial charge in [0.1, 0.15) is 17.1 Å². The molecule has 6 nitrogen and oxygen atoms in total. The van der Waals surface area contributed by atoms with Crippen LogP contribution in [0.1, 0.15) is 17.4 Å². The van der Waals surface area contributed by atoms with Crippen molar-refractivity contribution in [3.05, 3.63) is 82.3 Å². The third kappa shape index (κ3) is 4.96. The van der Waals surface area contributed by atoms with E-state index < -0.39 is 11.8 Å². The lowest BCUT2D eigenvalue weighted by atomic mass is 10.0. The Labute approximate surface area is 211 Å². The summed E-state index contributed by atoms with van der Waals surface area (Å²) in [5.74, 6) is -0.952. The molecule has 180 valence electrons. The van der Waals surface area contributed by atoms with E-state index >= 15 is 0 Å². The van der Waals surface area contributed by atoms with Gasteiger partial charge in [0.25, 0.3) is 0 Å². The first-order valence-electron chi connectivity index (χ1n) is 11.2. The summed E-state index contributed by atoms with van der Waals surface area (Å²) in [5.41, 5.74) is 2.80. The Hall–Kier alpha value is -3.20. The lowest BCUT2D eigenvalue weighted by Gasteiger charge is -2.36. The molecule has 0 spiro atoms. The maximum atomic E-state index is 13.9. The second-order valence-corrected chi connectivity index (χ2v) is 9.99. The topological polar surface area (TPSA) is 67.6 Å². The Kier molecular flexibility index (Phi) is 6.60. The molecule has 0 unspecified atom stereocenters. The van der Waals surface area contributed by atoms with Crippen molar-refractivity contribution in [2.24, 2.45) is 5.92 Å². The van der Waals surface area contributed by atoms with Gasteiger partial charge in [-0.25, -0.2) is 9.37 Å². The summed E-state index contributed by atoms with van der Waals surface area (Å²) >= 11 is 8.13. The average Bonchev–Trinajstić information content (AvgIpc) is 3.45. The number of hydrogen-bond donors (Lipinski definition) is 1. The van der Waals surface area contributed by atoms with Gasteiger partial charge in [0.15, 0.2) is 11.6 Å². The van der Waals surface area contributed by atoms with Crippen LogP contribution in [0.2, 0.25) is 5.02 Å². The first kappa shape index (κ1) is 23.5. The zero-order chi connectivity index (χ0) is 24.5. The van der Waals surface area contributed by atoms with E-state index in [1.54, 1.807) is 48.0 Å². The number of thiophene rings is 1. The van der Waals surface area contributed by atoms with Gasteiger partial charge < -0.3 is 9.84 Å². The number of carbonyl (C=O) groups is 1. The maximum absolute atomic E-state index is 13.9. The van der Waals surface area contributed by atoms with Crippen molar-refractivity contribution in [2.75, 3.05) is 13.1 Å². The van der Waals surface area contributed by atoms with Gasteiger partial charge in [-0.05, 0) is 48.4 Å². The molecule has 3 heterocycles. The number of aliphatic carboxylic acids is 1. The lowest BCUT2D eigenvalue weighted by Crippen LogP contribution is -2.49. The first-order valence-corrected chi connectivity index (χ1v) is 12.4. The zero-order valence-corrected chi connectivity index (χ0v) is 20.5. The predicted molar refractivity (Wildman–Crippen MR) is 134 cm³/mol. The van der Waals surface area contributed by atoms with Crippen LogP contribution < -0.4 is 4.74 Å². The lowest BCUT2D eigenvalue weighted by molar-refractivity contribution is -0.147. The number of benzene rings is 2. The Morgan fingerprint density at radius 1 is 1.23 bits per heavy atom. The Morgan fingerprint density at radius 2 is 2.03 bits per heavy atom. The highest BCUT2D eigenvalue weighted by Gasteiger charge is 2.32. The number of rotatable bonds is 8. The van der Waals surface area contributed by atoms with Crippen LogP contribution in [0.15, 0.2) is 61.1 Å².